The first-order chi connectivity index (χ1) is 8.66. The van der Waals surface area contributed by atoms with Crippen molar-refractivity contribution in [3.63, 3.8) is 0 Å². The topological polar surface area (TPSA) is 38.3 Å². The van der Waals surface area contributed by atoms with E-state index >= 15 is 0 Å². The van der Waals surface area contributed by atoms with Crippen molar-refractivity contribution in [1.29, 1.82) is 0 Å². The second-order valence-corrected chi connectivity index (χ2v) is 5.12. The third-order valence-corrected chi connectivity index (χ3v) is 3.66. The van der Waals surface area contributed by atoms with Gasteiger partial charge >= 0.3 is 5.97 Å². The monoisotopic (exact) mass is 247 g/mol. The average molecular weight is 247 g/mol. The molecule has 1 aliphatic rings. The van der Waals surface area contributed by atoms with Gasteiger partial charge in [-0.05, 0) is 38.3 Å². The Balaban J connectivity index is 2.22. The van der Waals surface area contributed by atoms with E-state index in [4.69, 9.17) is 4.74 Å². The quantitative estimate of drug-likeness (QED) is 0.832. The number of aryl methyl sites for hydroxylation is 1. The molecular formula is C15H21NO2. The summed E-state index contributed by atoms with van der Waals surface area (Å²) in [5.74, 6) is -0.135. The van der Waals surface area contributed by atoms with Crippen LogP contribution in [0.4, 0.5) is 0 Å². The number of esters is 1. The highest BCUT2D eigenvalue weighted by Crippen LogP contribution is 2.25. The van der Waals surface area contributed by atoms with Gasteiger partial charge < -0.3 is 10.1 Å². The molecule has 1 N–H and O–H groups in total. The molecule has 3 heteroatoms. The molecule has 1 saturated heterocycles. The molecule has 1 unspecified atom stereocenters. The standard InChI is InChI=1S/C15H21NO2/c1-12-6-5-7-13(10-12)11-15(14(17)18-2)8-3-4-9-16-15/h5-7,10,16H,3-4,8-9,11H2,1-2H3. The smallest absolute Gasteiger partial charge is 0.326 e. The normalized spacial score (nSPS) is 23.7. The van der Waals surface area contributed by atoms with Crippen LogP contribution in [0.15, 0.2) is 24.3 Å². The molecule has 3 nitrogen and oxygen atoms in total. The number of methoxy groups -OCH3 is 1. The highest BCUT2D eigenvalue weighted by atomic mass is 16.5. The van der Waals surface area contributed by atoms with E-state index in [9.17, 15) is 4.79 Å². The maximum atomic E-state index is 12.1. The van der Waals surface area contributed by atoms with Crippen molar-refractivity contribution in [3.05, 3.63) is 35.4 Å². The Morgan fingerprint density at radius 1 is 1.44 bits per heavy atom. The molecule has 0 spiro atoms. The van der Waals surface area contributed by atoms with Gasteiger partial charge in [-0.25, -0.2) is 0 Å². The summed E-state index contributed by atoms with van der Waals surface area (Å²) < 4.78 is 4.99. The minimum atomic E-state index is -0.527. The fraction of sp³-hybridized carbons (Fsp3) is 0.533. The van der Waals surface area contributed by atoms with E-state index in [0.717, 1.165) is 25.8 Å². The molecule has 0 radical (unpaired) electrons. The third-order valence-electron chi connectivity index (χ3n) is 3.66. The fourth-order valence-electron chi connectivity index (χ4n) is 2.73. The van der Waals surface area contributed by atoms with E-state index in [0.29, 0.717) is 6.42 Å². The SMILES string of the molecule is COC(=O)C1(Cc2cccc(C)c2)CCCCN1. The zero-order chi connectivity index (χ0) is 13.0. The third kappa shape index (κ3) is 2.72. The number of benzene rings is 1. The lowest BCUT2D eigenvalue weighted by atomic mass is 9.83. The highest BCUT2D eigenvalue weighted by Gasteiger charge is 2.40. The first-order valence-electron chi connectivity index (χ1n) is 6.55. The van der Waals surface area contributed by atoms with E-state index in [2.05, 4.69) is 30.4 Å². The summed E-state index contributed by atoms with van der Waals surface area (Å²) in [6.45, 7) is 2.96. The molecule has 0 amide bonds. The fourth-order valence-corrected chi connectivity index (χ4v) is 2.73. The molecule has 18 heavy (non-hydrogen) atoms. The molecule has 1 atom stereocenters. The molecule has 1 heterocycles. The Bertz CT molecular complexity index is 422. The molecule has 0 aliphatic carbocycles. The van der Waals surface area contributed by atoms with Crippen molar-refractivity contribution in [3.8, 4) is 0 Å². The Morgan fingerprint density at radius 2 is 2.28 bits per heavy atom. The lowest BCUT2D eigenvalue weighted by molar-refractivity contribution is -0.149. The Kier molecular flexibility index (Phi) is 4.02. The van der Waals surface area contributed by atoms with Gasteiger partial charge in [0.25, 0.3) is 0 Å². The number of ether oxygens (including phenoxy) is 1. The Labute approximate surface area is 109 Å². The maximum absolute atomic E-state index is 12.1. The maximum Gasteiger partial charge on any atom is 0.326 e. The first kappa shape index (κ1) is 13.1. The Morgan fingerprint density at radius 3 is 2.89 bits per heavy atom. The second-order valence-electron chi connectivity index (χ2n) is 5.12. The van der Waals surface area contributed by atoms with Gasteiger partial charge in [0.15, 0.2) is 0 Å². The minimum Gasteiger partial charge on any atom is -0.468 e. The van der Waals surface area contributed by atoms with Gasteiger partial charge in [0.05, 0.1) is 7.11 Å². The summed E-state index contributed by atoms with van der Waals surface area (Å²) in [5.41, 5.74) is 1.89. The predicted octanol–water partition coefficient (Wildman–Crippen LogP) is 2.22. The number of hydrogen-bond donors (Lipinski definition) is 1. The van der Waals surface area contributed by atoms with Crippen molar-refractivity contribution in [2.24, 2.45) is 0 Å². The summed E-state index contributed by atoms with van der Waals surface area (Å²) in [5, 5.41) is 3.38. The van der Waals surface area contributed by atoms with Crippen LogP contribution in [0, 0.1) is 6.92 Å². The zero-order valence-electron chi connectivity index (χ0n) is 11.2. The molecule has 0 bridgehead atoms. The van der Waals surface area contributed by atoms with Gasteiger partial charge in [0.1, 0.15) is 5.54 Å². The molecular weight excluding hydrogens is 226 g/mol. The van der Waals surface area contributed by atoms with Gasteiger partial charge in [-0.2, -0.15) is 0 Å². The van der Waals surface area contributed by atoms with Crippen LogP contribution in [-0.4, -0.2) is 25.2 Å². The summed E-state index contributed by atoms with van der Waals surface area (Å²) in [7, 11) is 1.47. The average Bonchev–Trinajstić information content (AvgIpc) is 2.39. The van der Waals surface area contributed by atoms with Crippen molar-refractivity contribution in [2.75, 3.05) is 13.7 Å². The van der Waals surface area contributed by atoms with Crippen LogP contribution in [0.5, 0.6) is 0 Å². The van der Waals surface area contributed by atoms with E-state index < -0.39 is 5.54 Å². The predicted molar refractivity (Wildman–Crippen MR) is 71.5 cm³/mol. The van der Waals surface area contributed by atoms with Crippen LogP contribution in [-0.2, 0) is 16.0 Å². The molecule has 1 fully saturated rings. The van der Waals surface area contributed by atoms with Crippen LogP contribution in [0.3, 0.4) is 0 Å². The van der Waals surface area contributed by atoms with E-state index in [-0.39, 0.29) is 5.97 Å². The number of carbonyl (C=O) groups excluding carboxylic acids is 1. The van der Waals surface area contributed by atoms with Gasteiger partial charge in [-0.1, -0.05) is 29.8 Å². The number of piperidine rings is 1. The van der Waals surface area contributed by atoms with Crippen molar-refractivity contribution >= 4 is 5.97 Å². The van der Waals surface area contributed by atoms with Crippen LogP contribution in [0.2, 0.25) is 0 Å². The zero-order valence-corrected chi connectivity index (χ0v) is 11.2. The highest BCUT2D eigenvalue weighted by molar-refractivity contribution is 5.81. The van der Waals surface area contributed by atoms with E-state index in [1.54, 1.807) is 0 Å². The molecule has 1 aromatic carbocycles. The Hall–Kier alpha value is -1.35. The van der Waals surface area contributed by atoms with Crippen molar-refractivity contribution < 1.29 is 9.53 Å². The molecule has 1 aromatic rings. The summed E-state index contributed by atoms with van der Waals surface area (Å²) in [6.07, 6.45) is 3.77. The second kappa shape index (κ2) is 5.53. The number of hydrogen-bond acceptors (Lipinski definition) is 3. The molecule has 0 saturated carbocycles. The number of rotatable bonds is 3. The molecule has 98 valence electrons. The van der Waals surface area contributed by atoms with Crippen LogP contribution in [0.25, 0.3) is 0 Å². The van der Waals surface area contributed by atoms with Crippen LogP contribution < -0.4 is 5.32 Å². The minimum absolute atomic E-state index is 0.135. The van der Waals surface area contributed by atoms with Crippen LogP contribution in [0.1, 0.15) is 30.4 Å². The number of carbonyl (C=O) groups is 1. The summed E-state index contributed by atoms with van der Waals surface area (Å²) in [4.78, 5) is 12.1. The van der Waals surface area contributed by atoms with Gasteiger partial charge in [0, 0.05) is 6.42 Å². The van der Waals surface area contributed by atoms with Gasteiger partial charge in [-0.15, -0.1) is 0 Å². The van der Waals surface area contributed by atoms with Crippen molar-refractivity contribution in [2.45, 2.75) is 38.1 Å². The largest absolute Gasteiger partial charge is 0.468 e. The molecule has 2 rings (SSSR count). The first-order valence-corrected chi connectivity index (χ1v) is 6.55. The van der Waals surface area contributed by atoms with E-state index in [1.165, 1.54) is 18.2 Å². The van der Waals surface area contributed by atoms with Gasteiger partial charge in [-0.3, -0.25) is 4.79 Å². The molecule has 0 aromatic heterocycles. The van der Waals surface area contributed by atoms with Crippen LogP contribution >= 0.6 is 0 Å². The molecule has 1 aliphatic heterocycles. The van der Waals surface area contributed by atoms with E-state index in [1.807, 2.05) is 6.07 Å². The van der Waals surface area contributed by atoms with Gasteiger partial charge in [0.2, 0.25) is 0 Å². The lowest BCUT2D eigenvalue weighted by Gasteiger charge is -2.35. The lowest BCUT2D eigenvalue weighted by Crippen LogP contribution is -2.56. The van der Waals surface area contributed by atoms with Crippen molar-refractivity contribution in [1.82, 2.24) is 5.32 Å². The number of nitrogens with one attached hydrogen (secondary N) is 1. The summed E-state index contributed by atoms with van der Waals surface area (Å²) in [6, 6.07) is 8.33. The summed E-state index contributed by atoms with van der Waals surface area (Å²) >= 11 is 0.